The summed E-state index contributed by atoms with van der Waals surface area (Å²) >= 11 is 0. The van der Waals surface area contributed by atoms with Gasteiger partial charge in [0.15, 0.2) is 5.82 Å². The van der Waals surface area contributed by atoms with Crippen molar-refractivity contribution in [3.8, 4) is 5.82 Å². The first-order valence-electron chi connectivity index (χ1n) is 10.9. The van der Waals surface area contributed by atoms with Crippen LogP contribution in [-0.2, 0) is 11.3 Å². The van der Waals surface area contributed by atoms with Gasteiger partial charge in [-0.15, -0.1) is 0 Å². The van der Waals surface area contributed by atoms with Crippen molar-refractivity contribution < 1.29 is 13.9 Å². The highest BCUT2D eigenvalue weighted by Gasteiger charge is 2.22. The molecule has 0 aliphatic rings. The number of H-pyrrole nitrogens is 1. The van der Waals surface area contributed by atoms with Gasteiger partial charge < -0.3 is 9.30 Å². The van der Waals surface area contributed by atoms with E-state index in [-0.39, 0.29) is 35.3 Å². The molecular formula is C25H20FN5O4. The second kappa shape index (κ2) is 8.64. The second-order valence-electron chi connectivity index (χ2n) is 7.95. The smallest absolute Gasteiger partial charge is 0.343 e. The summed E-state index contributed by atoms with van der Waals surface area (Å²) in [6.45, 7) is 3.55. The number of ether oxygens (including phenoxy) is 1. The molecular weight excluding hydrogens is 453 g/mol. The van der Waals surface area contributed by atoms with Crippen LogP contribution >= 0.6 is 0 Å². The van der Waals surface area contributed by atoms with Crippen LogP contribution in [0.1, 0.15) is 28.5 Å². The van der Waals surface area contributed by atoms with Gasteiger partial charge >= 0.3 is 5.97 Å². The van der Waals surface area contributed by atoms with Crippen LogP contribution in [0.2, 0.25) is 0 Å². The molecule has 9 nitrogen and oxygen atoms in total. The van der Waals surface area contributed by atoms with E-state index in [1.54, 1.807) is 50.4 Å². The Morgan fingerprint density at radius 1 is 1.06 bits per heavy atom. The number of pyridine rings is 3. The highest BCUT2D eigenvalue weighted by atomic mass is 19.1. The minimum Gasteiger partial charge on any atom is -0.462 e. The molecule has 10 heteroatoms. The molecule has 4 aromatic heterocycles. The second-order valence-corrected chi connectivity index (χ2v) is 7.95. The van der Waals surface area contributed by atoms with Crippen LogP contribution in [0.4, 0.5) is 4.39 Å². The number of rotatable bonds is 5. The molecule has 4 heterocycles. The lowest BCUT2D eigenvalue weighted by Crippen LogP contribution is -2.23. The van der Waals surface area contributed by atoms with E-state index in [2.05, 4.69) is 15.2 Å². The Balaban J connectivity index is 1.67. The number of hydrogen-bond donors (Lipinski definition) is 1. The van der Waals surface area contributed by atoms with Crippen molar-refractivity contribution in [2.24, 2.45) is 0 Å². The highest BCUT2D eigenvalue weighted by molar-refractivity contribution is 5.95. The standard InChI is InChI=1S/C25H20FN5O4/c1-3-35-25(34)21-14(2)28-29-22(21)31-11-9-20-17(24(31)33)12-16-19(27-20)8-10-30(23(16)32)13-15-6-4-5-7-18(15)26/h4-12H,3,13H2,1-2H3,(H,28,29). The summed E-state index contributed by atoms with van der Waals surface area (Å²) in [6, 6.07) is 11.0. The predicted octanol–water partition coefficient (Wildman–Crippen LogP) is 3.10. The van der Waals surface area contributed by atoms with Crippen molar-refractivity contribution in [1.82, 2.24) is 24.3 Å². The number of aryl methyl sites for hydroxylation is 1. The Kier molecular flexibility index (Phi) is 5.48. The minimum absolute atomic E-state index is 0.0357. The lowest BCUT2D eigenvalue weighted by molar-refractivity contribution is 0.0525. The van der Waals surface area contributed by atoms with Crippen molar-refractivity contribution in [3.05, 3.63) is 98.2 Å². The summed E-state index contributed by atoms with van der Waals surface area (Å²) in [5.74, 6) is -0.919. The van der Waals surface area contributed by atoms with Gasteiger partial charge in [-0.2, -0.15) is 5.10 Å². The number of aromatic nitrogens is 5. The zero-order valence-electron chi connectivity index (χ0n) is 18.9. The van der Waals surface area contributed by atoms with Crippen molar-refractivity contribution >= 4 is 27.8 Å². The van der Waals surface area contributed by atoms with Crippen molar-refractivity contribution in [2.75, 3.05) is 6.61 Å². The maximum absolute atomic E-state index is 14.1. The normalized spacial score (nSPS) is 11.3. The van der Waals surface area contributed by atoms with Crippen LogP contribution in [0.3, 0.4) is 0 Å². The van der Waals surface area contributed by atoms with E-state index in [1.165, 1.54) is 27.5 Å². The molecule has 1 aromatic carbocycles. The third-order valence-corrected chi connectivity index (χ3v) is 5.75. The van der Waals surface area contributed by atoms with Crippen molar-refractivity contribution in [1.29, 1.82) is 0 Å². The molecule has 0 aliphatic carbocycles. The van der Waals surface area contributed by atoms with Crippen LogP contribution in [0.5, 0.6) is 0 Å². The van der Waals surface area contributed by atoms with Crippen molar-refractivity contribution in [3.63, 3.8) is 0 Å². The predicted molar refractivity (Wildman–Crippen MR) is 127 cm³/mol. The third-order valence-electron chi connectivity index (χ3n) is 5.75. The number of aromatic amines is 1. The molecule has 5 aromatic rings. The first kappa shape index (κ1) is 22.2. The average molecular weight is 473 g/mol. The molecule has 0 saturated heterocycles. The van der Waals surface area contributed by atoms with Gasteiger partial charge in [-0.1, -0.05) is 18.2 Å². The summed E-state index contributed by atoms with van der Waals surface area (Å²) in [6.07, 6.45) is 3.02. The Labute approximate surface area is 197 Å². The largest absolute Gasteiger partial charge is 0.462 e. The molecule has 0 spiro atoms. The molecule has 0 saturated carbocycles. The number of fused-ring (bicyclic) bond motifs is 2. The zero-order chi connectivity index (χ0) is 24.7. The average Bonchev–Trinajstić information content (AvgIpc) is 3.23. The van der Waals surface area contributed by atoms with E-state index in [0.29, 0.717) is 22.3 Å². The maximum atomic E-state index is 14.1. The molecule has 176 valence electrons. The van der Waals surface area contributed by atoms with Gasteiger partial charge in [0.1, 0.15) is 11.4 Å². The number of hydrogen-bond acceptors (Lipinski definition) is 6. The van der Waals surface area contributed by atoms with E-state index in [9.17, 15) is 18.8 Å². The molecule has 0 unspecified atom stereocenters. The van der Waals surface area contributed by atoms with Gasteiger partial charge in [0.25, 0.3) is 11.1 Å². The van der Waals surface area contributed by atoms with Crippen LogP contribution < -0.4 is 11.1 Å². The minimum atomic E-state index is -0.603. The van der Waals surface area contributed by atoms with E-state index in [0.717, 1.165) is 0 Å². The summed E-state index contributed by atoms with van der Waals surface area (Å²) in [4.78, 5) is 43.5. The summed E-state index contributed by atoms with van der Waals surface area (Å²) in [5.41, 5.74) is 0.857. The van der Waals surface area contributed by atoms with Gasteiger partial charge in [0.05, 0.1) is 35.0 Å². The molecule has 0 aliphatic heterocycles. The van der Waals surface area contributed by atoms with Gasteiger partial charge in [-0.25, -0.2) is 14.2 Å². The number of benzene rings is 1. The van der Waals surface area contributed by atoms with E-state index >= 15 is 0 Å². The lowest BCUT2D eigenvalue weighted by Gasteiger charge is -2.10. The number of carbonyl (C=O) groups is 1. The van der Waals surface area contributed by atoms with E-state index in [1.807, 2.05) is 0 Å². The van der Waals surface area contributed by atoms with Crippen LogP contribution in [0.15, 0.2) is 64.4 Å². The summed E-state index contributed by atoms with van der Waals surface area (Å²) in [7, 11) is 0. The molecule has 0 atom stereocenters. The highest BCUT2D eigenvalue weighted by Crippen LogP contribution is 2.19. The van der Waals surface area contributed by atoms with Gasteiger partial charge in [0, 0.05) is 23.7 Å². The number of halogens is 1. The molecule has 0 radical (unpaired) electrons. The maximum Gasteiger partial charge on any atom is 0.343 e. The van der Waals surface area contributed by atoms with Gasteiger partial charge in [0.2, 0.25) is 0 Å². The zero-order valence-corrected chi connectivity index (χ0v) is 18.9. The number of esters is 1. The molecule has 0 bridgehead atoms. The molecule has 5 rings (SSSR count). The fourth-order valence-electron chi connectivity index (χ4n) is 4.00. The first-order chi connectivity index (χ1) is 16.9. The monoisotopic (exact) mass is 473 g/mol. The quantitative estimate of drug-likeness (QED) is 0.310. The number of nitrogens with one attached hydrogen (secondary N) is 1. The Bertz CT molecular complexity index is 1730. The Morgan fingerprint density at radius 3 is 2.51 bits per heavy atom. The molecule has 1 N–H and O–H groups in total. The van der Waals surface area contributed by atoms with Gasteiger partial charge in [-0.05, 0) is 38.1 Å². The van der Waals surface area contributed by atoms with E-state index in [4.69, 9.17) is 4.74 Å². The van der Waals surface area contributed by atoms with E-state index < -0.39 is 22.9 Å². The number of nitrogens with zero attached hydrogens (tertiary/aromatic N) is 4. The third kappa shape index (κ3) is 3.78. The van der Waals surface area contributed by atoms with Crippen LogP contribution in [0, 0.1) is 12.7 Å². The van der Waals surface area contributed by atoms with Crippen LogP contribution in [-0.4, -0.2) is 36.9 Å². The SMILES string of the molecule is CCOC(=O)c1c(-n2ccc3nc4ccn(Cc5ccccc5F)c(=O)c4cc3c2=O)n[nH]c1C. The molecule has 0 fully saturated rings. The fraction of sp³-hybridized carbons (Fsp3) is 0.160. The summed E-state index contributed by atoms with van der Waals surface area (Å²) < 4.78 is 21.8. The van der Waals surface area contributed by atoms with Crippen molar-refractivity contribution in [2.45, 2.75) is 20.4 Å². The number of carbonyl (C=O) groups excluding carboxylic acids is 1. The van der Waals surface area contributed by atoms with Crippen LogP contribution in [0.25, 0.3) is 27.6 Å². The molecule has 0 amide bonds. The Morgan fingerprint density at radius 2 is 1.77 bits per heavy atom. The topological polar surface area (TPSA) is 112 Å². The first-order valence-corrected chi connectivity index (χ1v) is 10.9. The van der Waals surface area contributed by atoms with Gasteiger partial charge in [-0.3, -0.25) is 19.3 Å². The summed E-state index contributed by atoms with van der Waals surface area (Å²) in [5, 5.41) is 7.23. The lowest BCUT2D eigenvalue weighted by atomic mass is 10.1. The molecule has 35 heavy (non-hydrogen) atoms. The Hall–Kier alpha value is -4.60. The fourth-order valence-corrected chi connectivity index (χ4v) is 4.00.